The Morgan fingerprint density at radius 3 is 2.32 bits per heavy atom. The highest BCUT2D eigenvalue weighted by molar-refractivity contribution is 7.87. The highest BCUT2D eigenvalue weighted by Gasteiger charge is 2.16. The lowest BCUT2D eigenvalue weighted by molar-refractivity contribution is 0.486. The first-order chi connectivity index (χ1) is 12.1. The standard InChI is InChI=1S/C20H18NO3S/c22-25(23,20-12-5-2-6-13-20)24-19-11-7-10-18(16-19)21-15-14-17-8-3-1-4-9-17/h1-9,11-13,16,21H,14-15H2. The summed E-state index contributed by atoms with van der Waals surface area (Å²) in [5, 5.41) is 3.23. The Hall–Kier alpha value is -2.79. The topological polar surface area (TPSA) is 55.4 Å². The van der Waals surface area contributed by atoms with Crippen LogP contribution in [0.5, 0.6) is 5.75 Å². The number of rotatable bonds is 7. The number of anilines is 1. The molecule has 0 saturated carbocycles. The second-order valence-corrected chi connectivity index (χ2v) is 7.00. The molecule has 5 heteroatoms. The van der Waals surface area contributed by atoms with Gasteiger partial charge in [0.1, 0.15) is 10.6 Å². The van der Waals surface area contributed by atoms with Crippen molar-refractivity contribution in [2.24, 2.45) is 0 Å². The van der Waals surface area contributed by atoms with E-state index in [1.807, 2.05) is 18.2 Å². The Balaban J connectivity index is 1.63. The summed E-state index contributed by atoms with van der Waals surface area (Å²) < 4.78 is 29.7. The summed E-state index contributed by atoms with van der Waals surface area (Å²) in [5.74, 6) is 0.254. The van der Waals surface area contributed by atoms with E-state index in [4.69, 9.17) is 4.18 Å². The van der Waals surface area contributed by atoms with E-state index in [1.165, 1.54) is 17.7 Å². The van der Waals surface area contributed by atoms with Gasteiger partial charge in [0.05, 0.1) is 0 Å². The molecule has 4 nitrogen and oxygen atoms in total. The van der Waals surface area contributed by atoms with Gasteiger partial charge in [-0.1, -0.05) is 48.5 Å². The van der Waals surface area contributed by atoms with Crippen molar-refractivity contribution in [2.45, 2.75) is 11.3 Å². The van der Waals surface area contributed by atoms with Gasteiger partial charge in [-0.3, -0.25) is 0 Å². The fraction of sp³-hybridized carbons (Fsp3) is 0.100. The summed E-state index contributed by atoms with van der Waals surface area (Å²) in [6.45, 7) is 0.718. The third-order valence-electron chi connectivity index (χ3n) is 3.58. The van der Waals surface area contributed by atoms with Gasteiger partial charge in [0.2, 0.25) is 0 Å². The van der Waals surface area contributed by atoms with Crippen molar-refractivity contribution in [1.29, 1.82) is 0 Å². The van der Waals surface area contributed by atoms with Crippen LogP contribution in [-0.4, -0.2) is 15.0 Å². The SMILES string of the molecule is O=S(=O)(Oc1cc[c]c(NCCc2ccccc2)c1)c1ccccc1. The maximum Gasteiger partial charge on any atom is 0.339 e. The van der Waals surface area contributed by atoms with Crippen LogP contribution in [0.15, 0.2) is 83.8 Å². The van der Waals surface area contributed by atoms with Gasteiger partial charge in [-0.25, -0.2) is 0 Å². The van der Waals surface area contributed by atoms with E-state index in [-0.39, 0.29) is 10.6 Å². The van der Waals surface area contributed by atoms with Gasteiger partial charge < -0.3 is 9.50 Å². The van der Waals surface area contributed by atoms with Crippen molar-refractivity contribution in [1.82, 2.24) is 0 Å². The van der Waals surface area contributed by atoms with Crippen LogP contribution in [0.2, 0.25) is 0 Å². The predicted molar refractivity (Wildman–Crippen MR) is 98.2 cm³/mol. The molecule has 1 radical (unpaired) electrons. The summed E-state index contributed by atoms with van der Waals surface area (Å²) in [6, 6.07) is 26.1. The molecule has 0 fully saturated rings. The van der Waals surface area contributed by atoms with E-state index >= 15 is 0 Å². The second-order valence-electron chi connectivity index (χ2n) is 5.45. The molecule has 0 heterocycles. The van der Waals surface area contributed by atoms with Crippen LogP contribution < -0.4 is 9.50 Å². The quantitative estimate of drug-likeness (QED) is 0.655. The Morgan fingerprint density at radius 1 is 0.920 bits per heavy atom. The predicted octanol–water partition coefficient (Wildman–Crippen LogP) is 3.91. The minimum Gasteiger partial charge on any atom is -0.384 e. The first kappa shape index (κ1) is 17.0. The molecule has 0 atom stereocenters. The van der Waals surface area contributed by atoms with Crippen LogP contribution in [0, 0.1) is 6.07 Å². The van der Waals surface area contributed by atoms with Gasteiger partial charge >= 0.3 is 10.1 Å². The number of hydrogen-bond donors (Lipinski definition) is 1. The average Bonchev–Trinajstić information content (AvgIpc) is 2.63. The zero-order chi connectivity index (χ0) is 17.5. The Kier molecular flexibility index (Phi) is 5.36. The van der Waals surface area contributed by atoms with E-state index in [1.54, 1.807) is 36.4 Å². The summed E-state index contributed by atoms with van der Waals surface area (Å²) in [5.41, 5.74) is 1.92. The minimum atomic E-state index is -3.84. The van der Waals surface area contributed by atoms with E-state index in [0.717, 1.165) is 13.0 Å². The molecule has 3 rings (SSSR count). The molecule has 25 heavy (non-hydrogen) atoms. The molecule has 0 saturated heterocycles. The lowest BCUT2D eigenvalue weighted by atomic mass is 10.1. The fourth-order valence-electron chi connectivity index (χ4n) is 2.35. The normalized spacial score (nSPS) is 11.0. The maximum absolute atomic E-state index is 12.3. The molecule has 0 aliphatic rings. The zero-order valence-electron chi connectivity index (χ0n) is 13.6. The van der Waals surface area contributed by atoms with Gasteiger partial charge in [0.25, 0.3) is 0 Å². The van der Waals surface area contributed by atoms with E-state index in [9.17, 15) is 8.42 Å². The van der Waals surface area contributed by atoms with Gasteiger partial charge in [0.15, 0.2) is 0 Å². The summed E-state index contributed by atoms with van der Waals surface area (Å²) >= 11 is 0. The molecular formula is C20H18NO3S. The van der Waals surface area contributed by atoms with Gasteiger partial charge in [-0.2, -0.15) is 8.42 Å². The van der Waals surface area contributed by atoms with Crippen molar-refractivity contribution in [2.75, 3.05) is 11.9 Å². The van der Waals surface area contributed by atoms with Crippen LogP contribution in [0.4, 0.5) is 5.69 Å². The first-order valence-electron chi connectivity index (χ1n) is 7.92. The van der Waals surface area contributed by atoms with Crippen molar-refractivity contribution >= 4 is 15.8 Å². The third kappa shape index (κ3) is 4.84. The molecule has 3 aromatic rings. The van der Waals surface area contributed by atoms with Gasteiger partial charge in [-0.05, 0) is 36.2 Å². The highest BCUT2D eigenvalue weighted by atomic mass is 32.2. The van der Waals surface area contributed by atoms with E-state index < -0.39 is 10.1 Å². The van der Waals surface area contributed by atoms with Gasteiger partial charge in [-0.15, -0.1) is 0 Å². The van der Waals surface area contributed by atoms with Gasteiger partial charge in [0, 0.05) is 24.4 Å². The van der Waals surface area contributed by atoms with E-state index in [0.29, 0.717) is 5.69 Å². The average molecular weight is 352 g/mol. The minimum absolute atomic E-state index is 0.126. The lowest BCUT2D eigenvalue weighted by Gasteiger charge is -2.10. The number of hydrogen-bond acceptors (Lipinski definition) is 4. The molecule has 0 spiro atoms. The smallest absolute Gasteiger partial charge is 0.339 e. The molecule has 0 aromatic heterocycles. The monoisotopic (exact) mass is 352 g/mol. The molecule has 0 aliphatic carbocycles. The molecule has 0 amide bonds. The molecule has 127 valence electrons. The van der Waals surface area contributed by atoms with Crippen molar-refractivity contribution in [3.63, 3.8) is 0 Å². The van der Waals surface area contributed by atoms with Crippen molar-refractivity contribution < 1.29 is 12.6 Å². The van der Waals surface area contributed by atoms with Crippen LogP contribution in [0.1, 0.15) is 5.56 Å². The second kappa shape index (κ2) is 7.85. The van der Waals surface area contributed by atoms with Crippen LogP contribution in [-0.2, 0) is 16.5 Å². The van der Waals surface area contributed by atoms with Crippen LogP contribution in [0.25, 0.3) is 0 Å². The first-order valence-corrected chi connectivity index (χ1v) is 9.33. The number of benzene rings is 3. The van der Waals surface area contributed by atoms with Crippen molar-refractivity contribution in [3.8, 4) is 5.75 Å². The highest BCUT2D eigenvalue weighted by Crippen LogP contribution is 2.21. The molecule has 0 bridgehead atoms. The number of nitrogens with one attached hydrogen (secondary N) is 1. The van der Waals surface area contributed by atoms with E-state index in [2.05, 4.69) is 23.5 Å². The molecule has 0 aliphatic heterocycles. The molecular weight excluding hydrogens is 334 g/mol. The molecule has 1 N–H and O–H groups in total. The summed E-state index contributed by atoms with van der Waals surface area (Å²) in [7, 11) is -3.84. The maximum atomic E-state index is 12.3. The Morgan fingerprint density at radius 2 is 1.60 bits per heavy atom. The lowest BCUT2D eigenvalue weighted by Crippen LogP contribution is -2.10. The molecule has 3 aromatic carbocycles. The van der Waals surface area contributed by atoms with Crippen LogP contribution in [0.3, 0.4) is 0 Å². The Bertz CT molecular complexity index is 910. The summed E-state index contributed by atoms with van der Waals surface area (Å²) in [6.07, 6.45) is 0.863. The fourth-order valence-corrected chi connectivity index (χ4v) is 3.29. The zero-order valence-corrected chi connectivity index (χ0v) is 14.4. The summed E-state index contributed by atoms with van der Waals surface area (Å²) in [4.78, 5) is 0.126. The van der Waals surface area contributed by atoms with Crippen molar-refractivity contribution in [3.05, 3.63) is 90.5 Å². The molecule has 0 unspecified atom stereocenters. The Labute approximate surface area is 148 Å². The van der Waals surface area contributed by atoms with Crippen LogP contribution >= 0.6 is 0 Å². The third-order valence-corrected chi connectivity index (χ3v) is 4.84. The largest absolute Gasteiger partial charge is 0.384 e.